The number of carbonyl (C=O) groups excluding carboxylic acids is 1. The third-order valence-corrected chi connectivity index (χ3v) is 5.21. The van der Waals surface area contributed by atoms with E-state index in [-0.39, 0.29) is 11.5 Å². The molecule has 0 bridgehead atoms. The van der Waals surface area contributed by atoms with Crippen molar-refractivity contribution in [3.8, 4) is 0 Å². The van der Waals surface area contributed by atoms with Crippen LogP contribution in [0.1, 0.15) is 10.4 Å². The Balaban J connectivity index is 1.57. The SMILES string of the molecule is C=CCn1c(=O)c(N2CCN(C(=O)c3ccc(Cl)cc3)CC2)nc2cccnc21. The van der Waals surface area contributed by atoms with Crippen LogP contribution in [0.15, 0.2) is 60.0 Å². The van der Waals surface area contributed by atoms with Crippen LogP contribution in [0, 0.1) is 0 Å². The van der Waals surface area contributed by atoms with Gasteiger partial charge in [-0.15, -0.1) is 6.58 Å². The molecule has 0 atom stereocenters. The van der Waals surface area contributed by atoms with Gasteiger partial charge in [0.25, 0.3) is 11.5 Å². The van der Waals surface area contributed by atoms with Crippen LogP contribution in [0.3, 0.4) is 0 Å². The average molecular weight is 410 g/mol. The molecule has 29 heavy (non-hydrogen) atoms. The summed E-state index contributed by atoms with van der Waals surface area (Å²) in [7, 11) is 0. The van der Waals surface area contributed by atoms with Crippen molar-refractivity contribution in [2.75, 3.05) is 31.1 Å². The van der Waals surface area contributed by atoms with Gasteiger partial charge >= 0.3 is 0 Å². The summed E-state index contributed by atoms with van der Waals surface area (Å²) >= 11 is 5.90. The number of fused-ring (bicyclic) bond motifs is 1. The number of nitrogens with zero attached hydrogens (tertiary/aromatic N) is 5. The minimum absolute atomic E-state index is 0.0407. The fourth-order valence-corrected chi connectivity index (χ4v) is 3.59. The number of allylic oxidation sites excluding steroid dienone is 1. The van der Waals surface area contributed by atoms with Gasteiger partial charge in [-0.05, 0) is 36.4 Å². The summed E-state index contributed by atoms with van der Waals surface area (Å²) in [5, 5.41) is 0.596. The second-order valence-corrected chi connectivity index (χ2v) is 7.21. The third-order valence-electron chi connectivity index (χ3n) is 4.95. The Labute approximate surface area is 172 Å². The van der Waals surface area contributed by atoms with Crippen molar-refractivity contribution in [1.29, 1.82) is 0 Å². The Morgan fingerprint density at radius 1 is 1.14 bits per heavy atom. The summed E-state index contributed by atoms with van der Waals surface area (Å²) in [4.78, 5) is 38.3. The normalized spacial score (nSPS) is 14.2. The molecular formula is C21H20ClN5O2. The molecule has 3 aromatic rings. The van der Waals surface area contributed by atoms with Crippen molar-refractivity contribution in [3.05, 3.63) is 76.2 Å². The van der Waals surface area contributed by atoms with E-state index in [0.29, 0.717) is 60.3 Å². The van der Waals surface area contributed by atoms with Gasteiger partial charge in [-0.2, -0.15) is 0 Å². The van der Waals surface area contributed by atoms with E-state index >= 15 is 0 Å². The number of halogens is 1. The second kappa shape index (κ2) is 8.05. The van der Waals surface area contributed by atoms with Gasteiger partial charge < -0.3 is 9.80 Å². The first-order valence-corrected chi connectivity index (χ1v) is 9.72. The van der Waals surface area contributed by atoms with Crippen molar-refractivity contribution < 1.29 is 4.79 Å². The topological polar surface area (TPSA) is 71.3 Å². The molecule has 0 saturated carbocycles. The first-order chi connectivity index (χ1) is 14.1. The standard InChI is InChI=1S/C21H20ClN5O2/c1-2-10-27-18-17(4-3-9-23-18)24-19(21(27)29)25-11-13-26(14-12-25)20(28)15-5-7-16(22)8-6-15/h2-9H,1,10-14H2. The highest BCUT2D eigenvalue weighted by molar-refractivity contribution is 6.30. The summed E-state index contributed by atoms with van der Waals surface area (Å²) in [6.07, 6.45) is 3.31. The number of hydrogen-bond donors (Lipinski definition) is 0. The maximum Gasteiger partial charge on any atom is 0.295 e. The van der Waals surface area contributed by atoms with E-state index in [1.165, 1.54) is 0 Å². The van der Waals surface area contributed by atoms with Crippen LogP contribution in [-0.4, -0.2) is 51.5 Å². The van der Waals surface area contributed by atoms with Gasteiger partial charge in [0.2, 0.25) is 0 Å². The number of piperazine rings is 1. The van der Waals surface area contributed by atoms with Crippen molar-refractivity contribution in [1.82, 2.24) is 19.4 Å². The zero-order chi connectivity index (χ0) is 20.4. The fourth-order valence-electron chi connectivity index (χ4n) is 3.46. The van der Waals surface area contributed by atoms with Crippen molar-refractivity contribution in [3.63, 3.8) is 0 Å². The summed E-state index contributed by atoms with van der Waals surface area (Å²) in [5.41, 5.74) is 1.60. The lowest BCUT2D eigenvalue weighted by molar-refractivity contribution is 0.0746. The van der Waals surface area contributed by atoms with Crippen LogP contribution >= 0.6 is 11.6 Å². The quantitative estimate of drug-likeness (QED) is 0.619. The van der Waals surface area contributed by atoms with Gasteiger partial charge in [-0.1, -0.05) is 17.7 Å². The Morgan fingerprint density at radius 3 is 2.55 bits per heavy atom. The second-order valence-electron chi connectivity index (χ2n) is 6.77. The van der Waals surface area contributed by atoms with Crippen molar-refractivity contribution >= 4 is 34.5 Å². The zero-order valence-corrected chi connectivity index (χ0v) is 16.5. The minimum Gasteiger partial charge on any atom is -0.348 e. The molecule has 7 nitrogen and oxygen atoms in total. The maximum absolute atomic E-state index is 13.0. The lowest BCUT2D eigenvalue weighted by Gasteiger charge is -2.35. The number of carbonyl (C=O) groups is 1. The summed E-state index contributed by atoms with van der Waals surface area (Å²) in [6.45, 7) is 6.17. The number of pyridine rings is 1. The van der Waals surface area contributed by atoms with Gasteiger partial charge in [-0.3, -0.25) is 14.2 Å². The number of anilines is 1. The van der Waals surface area contributed by atoms with Crippen LogP contribution in [0.2, 0.25) is 5.02 Å². The summed E-state index contributed by atoms with van der Waals surface area (Å²) < 4.78 is 1.58. The van der Waals surface area contributed by atoms with Crippen LogP contribution < -0.4 is 10.5 Å². The van der Waals surface area contributed by atoms with E-state index < -0.39 is 0 Å². The molecule has 8 heteroatoms. The molecule has 0 N–H and O–H groups in total. The molecule has 3 heterocycles. The molecule has 1 aromatic carbocycles. The molecule has 1 aliphatic rings. The van der Waals surface area contributed by atoms with Gasteiger partial charge in [0.1, 0.15) is 5.52 Å². The van der Waals surface area contributed by atoms with Gasteiger partial charge in [0, 0.05) is 49.5 Å². The molecule has 0 spiro atoms. The monoisotopic (exact) mass is 409 g/mol. The molecule has 0 aliphatic carbocycles. The van der Waals surface area contributed by atoms with Crippen molar-refractivity contribution in [2.45, 2.75) is 6.54 Å². The van der Waals surface area contributed by atoms with Gasteiger partial charge in [0.05, 0.1) is 0 Å². The first-order valence-electron chi connectivity index (χ1n) is 9.35. The Kier molecular flexibility index (Phi) is 5.31. The molecule has 1 aliphatic heterocycles. The highest BCUT2D eigenvalue weighted by Gasteiger charge is 2.25. The largest absolute Gasteiger partial charge is 0.348 e. The molecule has 1 fully saturated rings. The lowest BCUT2D eigenvalue weighted by Crippen LogP contribution is -2.50. The number of rotatable bonds is 4. The molecule has 4 rings (SSSR count). The van der Waals surface area contributed by atoms with E-state index in [2.05, 4.69) is 16.5 Å². The van der Waals surface area contributed by atoms with Crippen molar-refractivity contribution in [2.24, 2.45) is 0 Å². The third kappa shape index (κ3) is 3.73. The molecule has 0 unspecified atom stereocenters. The van der Waals surface area contributed by atoms with Crippen LogP contribution in [-0.2, 0) is 6.54 Å². The number of amides is 1. The van der Waals surface area contributed by atoms with E-state index in [1.54, 1.807) is 52.1 Å². The number of aromatic nitrogens is 3. The fraction of sp³-hybridized carbons (Fsp3) is 0.238. The minimum atomic E-state index is -0.200. The van der Waals surface area contributed by atoms with E-state index in [9.17, 15) is 9.59 Å². The molecule has 2 aromatic heterocycles. The highest BCUT2D eigenvalue weighted by Crippen LogP contribution is 2.17. The number of hydrogen-bond acceptors (Lipinski definition) is 5. The molecule has 0 radical (unpaired) electrons. The molecule has 148 valence electrons. The smallest absolute Gasteiger partial charge is 0.295 e. The predicted molar refractivity (Wildman–Crippen MR) is 114 cm³/mol. The average Bonchev–Trinajstić information content (AvgIpc) is 2.76. The van der Waals surface area contributed by atoms with Crippen LogP contribution in [0.25, 0.3) is 11.2 Å². The summed E-state index contributed by atoms with van der Waals surface area (Å²) in [6, 6.07) is 10.5. The Hall–Kier alpha value is -3.19. The van der Waals surface area contributed by atoms with Gasteiger partial charge in [0.15, 0.2) is 11.5 Å². The van der Waals surface area contributed by atoms with E-state index in [0.717, 1.165) is 0 Å². The highest BCUT2D eigenvalue weighted by atomic mass is 35.5. The van der Waals surface area contributed by atoms with Crippen LogP contribution in [0.5, 0.6) is 0 Å². The lowest BCUT2D eigenvalue weighted by atomic mass is 10.2. The zero-order valence-electron chi connectivity index (χ0n) is 15.8. The maximum atomic E-state index is 13.0. The first kappa shape index (κ1) is 19.1. The predicted octanol–water partition coefficient (Wildman–Crippen LogP) is 2.59. The van der Waals surface area contributed by atoms with E-state index in [4.69, 9.17) is 11.6 Å². The number of benzene rings is 1. The van der Waals surface area contributed by atoms with Crippen LogP contribution in [0.4, 0.5) is 5.82 Å². The summed E-state index contributed by atoms with van der Waals surface area (Å²) in [5.74, 6) is 0.340. The van der Waals surface area contributed by atoms with E-state index in [1.807, 2.05) is 11.0 Å². The molecule has 1 saturated heterocycles. The molecule has 1 amide bonds. The Bertz CT molecular complexity index is 1120. The molecular weight excluding hydrogens is 390 g/mol. The van der Waals surface area contributed by atoms with Gasteiger partial charge in [-0.25, -0.2) is 9.97 Å². The Morgan fingerprint density at radius 2 is 1.86 bits per heavy atom.